The number of hydrogen-bond acceptors (Lipinski definition) is 4. The minimum absolute atomic E-state index is 0.0603. The molecule has 3 aliphatic carbocycles. The van der Waals surface area contributed by atoms with Crippen molar-refractivity contribution in [1.82, 2.24) is 9.78 Å². The number of carbonyl (C=O) groups is 1. The molecule has 2 aromatic rings. The van der Waals surface area contributed by atoms with Crippen LogP contribution in [0.25, 0.3) is 5.57 Å². The van der Waals surface area contributed by atoms with E-state index >= 15 is 0 Å². The molecule has 0 amide bonds. The zero-order valence-electron chi connectivity index (χ0n) is 18.1. The average molecular weight is 439 g/mol. The minimum Gasteiger partial charge on any atom is -0.294 e. The van der Waals surface area contributed by atoms with Crippen molar-refractivity contribution in [3.8, 4) is 0 Å². The number of carbonyl (C=O) groups excluding carboxylic acids is 1. The first kappa shape index (κ1) is 20.7. The first-order chi connectivity index (χ1) is 14.9. The molecule has 0 unspecified atom stereocenters. The molecule has 3 saturated carbocycles. The monoisotopic (exact) mass is 438 g/mol. The zero-order chi connectivity index (χ0) is 21.6. The molecule has 0 atom stereocenters. The quantitative estimate of drug-likeness (QED) is 0.564. The second-order valence-corrected chi connectivity index (χ2v) is 11.7. The number of allylic oxidation sites excluding steroid dienone is 2. The number of aryl methyl sites for hydroxylation is 1. The van der Waals surface area contributed by atoms with E-state index in [4.69, 9.17) is 0 Å². The predicted molar refractivity (Wildman–Crippen MR) is 120 cm³/mol. The Hall–Kier alpha value is -2.21. The predicted octanol–water partition coefficient (Wildman–Crippen LogP) is 4.62. The maximum atomic E-state index is 13.4. The third kappa shape index (κ3) is 4.40. The zero-order valence-corrected chi connectivity index (χ0v) is 18.9. The van der Waals surface area contributed by atoms with Crippen LogP contribution in [0, 0.1) is 5.92 Å². The fraction of sp³-hybridized carbons (Fsp3) is 0.520. The minimum atomic E-state index is -3.25. The van der Waals surface area contributed by atoms with Crippen LogP contribution in [0.5, 0.6) is 0 Å². The summed E-state index contributed by atoms with van der Waals surface area (Å²) < 4.78 is 27.7. The van der Waals surface area contributed by atoms with E-state index in [-0.39, 0.29) is 17.5 Å². The molecule has 1 heterocycles. The van der Waals surface area contributed by atoms with Gasteiger partial charge in [0, 0.05) is 18.8 Å². The van der Waals surface area contributed by atoms with Crippen LogP contribution in [-0.2, 0) is 28.1 Å². The van der Waals surface area contributed by atoms with Gasteiger partial charge >= 0.3 is 0 Å². The van der Waals surface area contributed by atoms with Gasteiger partial charge in [0.1, 0.15) is 0 Å². The normalized spacial score (nSPS) is 20.4. The molecule has 164 valence electrons. The Balaban J connectivity index is 1.52. The summed E-state index contributed by atoms with van der Waals surface area (Å²) in [5, 5.41) is 4.16. The van der Waals surface area contributed by atoms with Crippen LogP contribution in [0.3, 0.4) is 0 Å². The van der Waals surface area contributed by atoms with Crippen LogP contribution in [0.1, 0.15) is 74.1 Å². The largest absolute Gasteiger partial charge is 0.294 e. The van der Waals surface area contributed by atoms with E-state index in [1.54, 1.807) is 10.7 Å². The van der Waals surface area contributed by atoms with Crippen LogP contribution < -0.4 is 0 Å². The lowest BCUT2D eigenvalue weighted by molar-refractivity contribution is -0.113. The number of benzene rings is 1. The summed E-state index contributed by atoms with van der Waals surface area (Å²) in [7, 11) is -1.40. The number of sulfone groups is 1. The molecule has 3 fully saturated rings. The lowest BCUT2D eigenvalue weighted by Crippen LogP contribution is -2.12. The number of Topliss-reactive ketones (excluding diaryl/α,β-unsaturated/α-hetero) is 1. The Morgan fingerprint density at radius 3 is 2.45 bits per heavy atom. The van der Waals surface area contributed by atoms with E-state index in [1.165, 1.54) is 12.8 Å². The van der Waals surface area contributed by atoms with Crippen molar-refractivity contribution in [3.63, 3.8) is 0 Å². The number of aromatic nitrogens is 2. The smallest absolute Gasteiger partial charge is 0.181 e. The van der Waals surface area contributed by atoms with Gasteiger partial charge in [-0.1, -0.05) is 25.0 Å². The van der Waals surface area contributed by atoms with Gasteiger partial charge in [-0.05, 0) is 79.7 Å². The van der Waals surface area contributed by atoms with Crippen LogP contribution in [0.15, 0.2) is 41.4 Å². The molecule has 0 radical (unpaired) electrons. The SMILES string of the molecule is Cn1ccc(CC(=O)/C(=C/C2CCCC2)c2ccc(S(=O)(=O)C3CC3)c(C3CC3)c2)n1. The maximum absolute atomic E-state index is 13.4. The first-order valence-electron chi connectivity index (χ1n) is 11.5. The van der Waals surface area contributed by atoms with E-state index in [0.29, 0.717) is 16.7 Å². The molecular weight excluding hydrogens is 408 g/mol. The third-order valence-electron chi connectivity index (χ3n) is 6.82. The topological polar surface area (TPSA) is 69.0 Å². The van der Waals surface area contributed by atoms with Crippen LogP contribution in [0.2, 0.25) is 0 Å². The standard InChI is InChI=1S/C25H30N2O3S/c1-27-13-12-20(26-27)16-24(28)22(14-17-4-2-3-5-17)19-8-11-25(23(15-19)18-6-7-18)31(29,30)21-9-10-21/h8,11-15,17-18,21H,2-7,9-10,16H2,1H3/b22-14+. The second kappa shape index (κ2) is 8.05. The van der Waals surface area contributed by atoms with Gasteiger partial charge in [-0.15, -0.1) is 0 Å². The van der Waals surface area contributed by atoms with Crippen molar-refractivity contribution in [1.29, 1.82) is 0 Å². The van der Waals surface area contributed by atoms with Crippen molar-refractivity contribution >= 4 is 21.2 Å². The summed E-state index contributed by atoms with van der Waals surface area (Å²) >= 11 is 0. The number of hydrogen-bond donors (Lipinski definition) is 0. The fourth-order valence-electron chi connectivity index (χ4n) is 4.77. The van der Waals surface area contributed by atoms with E-state index in [1.807, 2.05) is 31.4 Å². The van der Waals surface area contributed by atoms with Gasteiger partial charge in [0.25, 0.3) is 0 Å². The molecule has 0 N–H and O–H groups in total. The average Bonchev–Trinajstić information content (AvgIpc) is 3.67. The second-order valence-electron chi connectivity index (χ2n) is 9.48. The van der Waals surface area contributed by atoms with Gasteiger partial charge in [-0.3, -0.25) is 9.48 Å². The third-order valence-corrected chi connectivity index (χ3v) is 9.15. The molecule has 31 heavy (non-hydrogen) atoms. The Labute approximate surface area is 184 Å². The van der Waals surface area contributed by atoms with Gasteiger partial charge in [-0.2, -0.15) is 5.10 Å². The van der Waals surface area contributed by atoms with Gasteiger partial charge in [-0.25, -0.2) is 8.42 Å². The molecule has 1 aromatic carbocycles. The highest BCUT2D eigenvalue weighted by Crippen LogP contribution is 2.46. The fourth-order valence-corrected chi connectivity index (χ4v) is 6.70. The lowest BCUT2D eigenvalue weighted by atomic mass is 9.92. The number of ketones is 1. The van der Waals surface area contributed by atoms with Crippen molar-refractivity contribution < 1.29 is 13.2 Å². The summed E-state index contributed by atoms with van der Waals surface area (Å²) in [5.74, 6) is 0.786. The van der Waals surface area contributed by atoms with E-state index in [9.17, 15) is 13.2 Å². The first-order valence-corrected chi connectivity index (χ1v) is 13.1. The highest BCUT2D eigenvalue weighted by atomic mass is 32.2. The van der Waals surface area contributed by atoms with Crippen molar-refractivity contribution in [2.75, 3.05) is 0 Å². The van der Waals surface area contributed by atoms with Gasteiger partial charge in [0.05, 0.1) is 22.3 Å². The molecule has 5 nitrogen and oxygen atoms in total. The van der Waals surface area contributed by atoms with Crippen molar-refractivity contribution in [2.45, 2.75) is 73.9 Å². The molecule has 3 aliphatic rings. The molecular formula is C25H30N2O3S. The molecule has 5 rings (SSSR count). The van der Waals surface area contributed by atoms with E-state index < -0.39 is 9.84 Å². The number of nitrogens with zero attached hydrogens (tertiary/aromatic N) is 2. The van der Waals surface area contributed by atoms with Gasteiger partial charge in [0.15, 0.2) is 15.6 Å². The molecule has 0 saturated heterocycles. The Morgan fingerprint density at radius 1 is 1.10 bits per heavy atom. The molecule has 0 bridgehead atoms. The van der Waals surface area contributed by atoms with Crippen molar-refractivity contribution in [3.05, 3.63) is 53.4 Å². The molecule has 6 heteroatoms. The van der Waals surface area contributed by atoms with Gasteiger partial charge < -0.3 is 0 Å². The van der Waals surface area contributed by atoms with E-state index in [0.717, 1.165) is 60.9 Å². The summed E-state index contributed by atoms with van der Waals surface area (Å²) in [6, 6.07) is 7.52. The highest BCUT2D eigenvalue weighted by Gasteiger charge is 2.40. The Kier molecular flexibility index (Phi) is 5.37. The van der Waals surface area contributed by atoms with Gasteiger partial charge in [0.2, 0.25) is 0 Å². The Bertz CT molecular complexity index is 1130. The summed E-state index contributed by atoms with van der Waals surface area (Å²) in [6.45, 7) is 0. The van der Waals surface area contributed by atoms with Crippen LogP contribution >= 0.6 is 0 Å². The van der Waals surface area contributed by atoms with Crippen LogP contribution in [0.4, 0.5) is 0 Å². The summed E-state index contributed by atoms with van der Waals surface area (Å²) in [6.07, 6.45) is 12.5. The summed E-state index contributed by atoms with van der Waals surface area (Å²) in [4.78, 5) is 13.9. The lowest BCUT2D eigenvalue weighted by Gasteiger charge is -2.15. The molecule has 0 spiro atoms. The van der Waals surface area contributed by atoms with E-state index in [2.05, 4.69) is 11.2 Å². The molecule has 0 aliphatic heterocycles. The Morgan fingerprint density at radius 2 is 1.84 bits per heavy atom. The van der Waals surface area contributed by atoms with Crippen LogP contribution in [-0.4, -0.2) is 29.2 Å². The summed E-state index contributed by atoms with van der Waals surface area (Å²) in [5.41, 5.74) is 3.28. The molecule has 1 aromatic heterocycles. The van der Waals surface area contributed by atoms with Crippen molar-refractivity contribution in [2.24, 2.45) is 13.0 Å². The highest BCUT2D eigenvalue weighted by molar-refractivity contribution is 7.92. The maximum Gasteiger partial charge on any atom is 0.181 e. The number of rotatable bonds is 8.